The summed E-state index contributed by atoms with van der Waals surface area (Å²) < 4.78 is 7.43. The molecule has 0 bridgehead atoms. The van der Waals surface area contributed by atoms with E-state index < -0.39 is 5.41 Å². The largest absolute Gasteiger partial charge is 0.381 e. The molecule has 3 N–H and O–H groups in total. The van der Waals surface area contributed by atoms with Crippen molar-refractivity contribution in [2.75, 3.05) is 19.8 Å². The molecule has 1 saturated heterocycles. The van der Waals surface area contributed by atoms with Gasteiger partial charge in [-0.3, -0.25) is 4.79 Å². The highest BCUT2D eigenvalue weighted by Crippen LogP contribution is 2.29. The Bertz CT molecular complexity index is 464. The summed E-state index contributed by atoms with van der Waals surface area (Å²) in [7, 11) is 0. The van der Waals surface area contributed by atoms with Gasteiger partial charge in [0.1, 0.15) is 5.82 Å². The lowest BCUT2D eigenvalue weighted by Gasteiger charge is -2.34. The van der Waals surface area contributed by atoms with Gasteiger partial charge in [-0.2, -0.15) is 0 Å². The number of carbonyl (C=O) groups excluding carboxylic acids is 1. The van der Waals surface area contributed by atoms with E-state index in [1.165, 1.54) is 0 Å². The standard InChI is InChI=1S/C15H26N4O2/c1-12(2)10-19-6-5-17-13(19)9-18-14(20)15(11-16)3-7-21-8-4-15/h5-6,12H,3-4,7-11,16H2,1-2H3,(H,18,20). The molecule has 6 nitrogen and oxygen atoms in total. The van der Waals surface area contributed by atoms with E-state index in [9.17, 15) is 4.79 Å². The van der Waals surface area contributed by atoms with Crippen LogP contribution in [0.25, 0.3) is 0 Å². The molecule has 1 amide bonds. The number of amides is 1. The van der Waals surface area contributed by atoms with Crippen molar-refractivity contribution in [3.05, 3.63) is 18.2 Å². The van der Waals surface area contributed by atoms with Gasteiger partial charge in [0.05, 0.1) is 12.0 Å². The Morgan fingerprint density at radius 3 is 2.86 bits per heavy atom. The minimum atomic E-state index is -0.478. The molecular weight excluding hydrogens is 268 g/mol. The third kappa shape index (κ3) is 3.83. The lowest BCUT2D eigenvalue weighted by atomic mass is 9.79. The molecule has 21 heavy (non-hydrogen) atoms. The van der Waals surface area contributed by atoms with Crippen molar-refractivity contribution in [3.63, 3.8) is 0 Å². The molecule has 0 aromatic carbocycles. The van der Waals surface area contributed by atoms with Crippen LogP contribution in [0.2, 0.25) is 0 Å². The number of carbonyl (C=O) groups is 1. The van der Waals surface area contributed by atoms with Crippen molar-refractivity contribution in [2.24, 2.45) is 17.1 Å². The fourth-order valence-corrected chi connectivity index (χ4v) is 2.70. The molecule has 2 heterocycles. The summed E-state index contributed by atoms with van der Waals surface area (Å²) in [6, 6.07) is 0. The van der Waals surface area contributed by atoms with E-state index in [1.54, 1.807) is 6.20 Å². The molecule has 0 saturated carbocycles. The highest BCUT2D eigenvalue weighted by molar-refractivity contribution is 5.82. The first-order valence-corrected chi connectivity index (χ1v) is 7.63. The average molecular weight is 294 g/mol. The predicted octanol–water partition coefficient (Wildman–Crippen LogP) is 0.911. The Morgan fingerprint density at radius 2 is 2.24 bits per heavy atom. The number of ether oxygens (including phenoxy) is 1. The quantitative estimate of drug-likeness (QED) is 0.817. The van der Waals surface area contributed by atoms with Gasteiger partial charge in [0.15, 0.2) is 0 Å². The van der Waals surface area contributed by atoms with E-state index >= 15 is 0 Å². The van der Waals surface area contributed by atoms with E-state index in [4.69, 9.17) is 10.5 Å². The summed E-state index contributed by atoms with van der Waals surface area (Å²) in [5.74, 6) is 1.45. The minimum Gasteiger partial charge on any atom is -0.381 e. The van der Waals surface area contributed by atoms with Gasteiger partial charge >= 0.3 is 0 Å². The van der Waals surface area contributed by atoms with Crippen LogP contribution in [-0.4, -0.2) is 35.2 Å². The fourth-order valence-electron chi connectivity index (χ4n) is 2.70. The van der Waals surface area contributed by atoms with Gasteiger partial charge < -0.3 is 20.4 Å². The number of rotatable bonds is 6. The fraction of sp³-hybridized carbons (Fsp3) is 0.733. The summed E-state index contributed by atoms with van der Waals surface area (Å²) >= 11 is 0. The number of nitrogens with zero attached hydrogens (tertiary/aromatic N) is 2. The van der Waals surface area contributed by atoms with Gasteiger partial charge in [-0.25, -0.2) is 4.98 Å². The Kier molecular flexibility index (Phi) is 5.36. The van der Waals surface area contributed by atoms with Crippen LogP contribution in [0, 0.1) is 11.3 Å². The minimum absolute atomic E-state index is 0.0207. The van der Waals surface area contributed by atoms with Gasteiger partial charge in [-0.15, -0.1) is 0 Å². The summed E-state index contributed by atoms with van der Waals surface area (Å²) in [6.45, 7) is 7.24. The third-order valence-corrected chi connectivity index (χ3v) is 4.09. The number of nitrogens with two attached hydrogens (primary N) is 1. The van der Waals surface area contributed by atoms with Crippen LogP contribution in [0.15, 0.2) is 12.4 Å². The summed E-state index contributed by atoms with van der Waals surface area (Å²) in [4.78, 5) is 16.8. The average Bonchev–Trinajstić information content (AvgIpc) is 2.91. The van der Waals surface area contributed by atoms with Crippen molar-refractivity contribution < 1.29 is 9.53 Å². The SMILES string of the molecule is CC(C)Cn1ccnc1CNC(=O)C1(CN)CCOCC1. The van der Waals surface area contributed by atoms with Crippen LogP contribution < -0.4 is 11.1 Å². The Labute approximate surface area is 126 Å². The van der Waals surface area contributed by atoms with Crippen LogP contribution in [0.5, 0.6) is 0 Å². The highest BCUT2D eigenvalue weighted by Gasteiger charge is 2.38. The van der Waals surface area contributed by atoms with Gasteiger partial charge in [0.25, 0.3) is 0 Å². The van der Waals surface area contributed by atoms with Gasteiger partial charge in [0, 0.05) is 38.7 Å². The molecule has 0 radical (unpaired) electrons. The second-order valence-corrected chi connectivity index (χ2v) is 6.17. The molecule has 0 aliphatic carbocycles. The highest BCUT2D eigenvalue weighted by atomic mass is 16.5. The molecule has 6 heteroatoms. The molecule has 1 aliphatic heterocycles. The molecule has 0 spiro atoms. The van der Waals surface area contributed by atoms with Crippen molar-refractivity contribution in [3.8, 4) is 0 Å². The molecule has 1 fully saturated rings. The number of nitrogens with one attached hydrogen (secondary N) is 1. The zero-order chi connectivity index (χ0) is 15.3. The van der Waals surface area contributed by atoms with Gasteiger partial charge in [-0.05, 0) is 18.8 Å². The lowest BCUT2D eigenvalue weighted by molar-refractivity contribution is -0.136. The molecular formula is C15H26N4O2. The second-order valence-electron chi connectivity index (χ2n) is 6.17. The summed E-state index contributed by atoms with van der Waals surface area (Å²) in [5, 5.41) is 3.00. The number of hydrogen-bond acceptors (Lipinski definition) is 4. The maximum absolute atomic E-state index is 12.5. The van der Waals surface area contributed by atoms with Crippen LogP contribution in [0.4, 0.5) is 0 Å². The van der Waals surface area contributed by atoms with Crippen LogP contribution in [0.3, 0.4) is 0 Å². The summed E-state index contributed by atoms with van der Waals surface area (Å²) in [5.41, 5.74) is 5.37. The number of aromatic nitrogens is 2. The Hall–Kier alpha value is -1.40. The molecule has 1 aliphatic rings. The number of hydrogen-bond donors (Lipinski definition) is 2. The van der Waals surface area contributed by atoms with E-state index in [0.29, 0.717) is 45.1 Å². The Balaban J connectivity index is 1.95. The number of imidazole rings is 1. The van der Waals surface area contributed by atoms with E-state index in [-0.39, 0.29) is 5.91 Å². The van der Waals surface area contributed by atoms with E-state index in [0.717, 1.165) is 12.4 Å². The van der Waals surface area contributed by atoms with Crippen molar-refractivity contribution in [1.82, 2.24) is 14.9 Å². The van der Waals surface area contributed by atoms with Crippen molar-refractivity contribution in [2.45, 2.75) is 39.8 Å². The van der Waals surface area contributed by atoms with E-state index in [2.05, 4.69) is 28.7 Å². The first kappa shape index (κ1) is 16.0. The lowest BCUT2D eigenvalue weighted by Crippen LogP contribution is -2.49. The van der Waals surface area contributed by atoms with Gasteiger partial charge in [-0.1, -0.05) is 13.8 Å². The van der Waals surface area contributed by atoms with E-state index in [1.807, 2.05) is 6.20 Å². The van der Waals surface area contributed by atoms with Crippen molar-refractivity contribution >= 4 is 5.91 Å². The molecule has 0 unspecified atom stereocenters. The van der Waals surface area contributed by atoms with Crippen LogP contribution in [-0.2, 0) is 22.6 Å². The Morgan fingerprint density at radius 1 is 1.52 bits per heavy atom. The third-order valence-electron chi connectivity index (χ3n) is 4.09. The zero-order valence-corrected chi connectivity index (χ0v) is 13.0. The van der Waals surface area contributed by atoms with Crippen LogP contribution >= 0.6 is 0 Å². The molecule has 118 valence electrons. The zero-order valence-electron chi connectivity index (χ0n) is 13.0. The normalized spacial score (nSPS) is 17.9. The first-order chi connectivity index (χ1) is 10.1. The molecule has 1 aromatic heterocycles. The molecule has 2 rings (SSSR count). The maximum Gasteiger partial charge on any atom is 0.228 e. The maximum atomic E-state index is 12.5. The first-order valence-electron chi connectivity index (χ1n) is 7.63. The van der Waals surface area contributed by atoms with Crippen molar-refractivity contribution in [1.29, 1.82) is 0 Å². The monoisotopic (exact) mass is 294 g/mol. The molecule has 1 aromatic rings. The smallest absolute Gasteiger partial charge is 0.228 e. The van der Waals surface area contributed by atoms with Crippen LogP contribution in [0.1, 0.15) is 32.5 Å². The topological polar surface area (TPSA) is 82.2 Å². The second kappa shape index (κ2) is 7.04. The predicted molar refractivity (Wildman–Crippen MR) is 80.5 cm³/mol. The summed E-state index contributed by atoms with van der Waals surface area (Å²) in [6.07, 6.45) is 5.11. The van der Waals surface area contributed by atoms with Gasteiger partial charge in [0.2, 0.25) is 5.91 Å². The molecule has 0 atom stereocenters.